The van der Waals surface area contributed by atoms with Crippen molar-refractivity contribution in [1.29, 1.82) is 0 Å². The van der Waals surface area contributed by atoms with Crippen LogP contribution in [0.3, 0.4) is 0 Å². The molecule has 1 aliphatic carbocycles. The predicted molar refractivity (Wildman–Crippen MR) is 122 cm³/mol. The Morgan fingerprint density at radius 1 is 1.14 bits per heavy atom. The van der Waals surface area contributed by atoms with Crippen LogP contribution in [0.5, 0.6) is 0 Å². The van der Waals surface area contributed by atoms with Crippen LogP contribution in [0, 0.1) is 11.8 Å². The molecule has 0 aromatic carbocycles. The number of allylic oxidation sites excluding steroid dienone is 3. The van der Waals surface area contributed by atoms with Gasteiger partial charge in [-0.3, -0.25) is 9.59 Å². The van der Waals surface area contributed by atoms with Gasteiger partial charge in [-0.05, 0) is 45.0 Å². The SMILES string of the molecule is CCCCCC(/C=C/C1C=CC(=O)C1CCCCCCC(=O)OC)O[Si](C)(C)C. The molecule has 0 bridgehead atoms. The molecule has 1 rings (SSSR count). The fourth-order valence-electron chi connectivity index (χ4n) is 3.77. The minimum absolute atomic E-state index is 0.0648. The molecular weight excluding hydrogens is 380 g/mol. The second kappa shape index (κ2) is 13.9. The first-order valence-corrected chi connectivity index (χ1v) is 14.8. The smallest absolute Gasteiger partial charge is 0.305 e. The molecule has 3 unspecified atom stereocenters. The van der Waals surface area contributed by atoms with Crippen LogP contribution in [0.15, 0.2) is 24.3 Å². The molecule has 0 aromatic heterocycles. The lowest BCUT2D eigenvalue weighted by Crippen LogP contribution is -2.31. The van der Waals surface area contributed by atoms with E-state index in [9.17, 15) is 9.59 Å². The van der Waals surface area contributed by atoms with Gasteiger partial charge in [0.1, 0.15) is 0 Å². The highest BCUT2D eigenvalue weighted by atomic mass is 28.4. The van der Waals surface area contributed by atoms with Crippen molar-refractivity contribution < 1.29 is 18.8 Å². The summed E-state index contributed by atoms with van der Waals surface area (Å²) in [4.78, 5) is 23.5. The summed E-state index contributed by atoms with van der Waals surface area (Å²) < 4.78 is 11.0. The fourth-order valence-corrected chi connectivity index (χ4v) is 4.88. The number of ether oxygens (including phenoxy) is 1. The third-order valence-electron chi connectivity index (χ3n) is 5.33. The van der Waals surface area contributed by atoms with Crippen molar-refractivity contribution in [2.75, 3.05) is 7.11 Å². The first-order chi connectivity index (χ1) is 13.8. The summed E-state index contributed by atoms with van der Waals surface area (Å²) >= 11 is 0. The van der Waals surface area contributed by atoms with Crippen LogP contribution >= 0.6 is 0 Å². The van der Waals surface area contributed by atoms with E-state index in [1.165, 1.54) is 26.4 Å². The molecule has 5 heteroatoms. The van der Waals surface area contributed by atoms with E-state index in [-0.39, 0.29) is 29.7 Å². The number of methoxy groups -OCH3 is 1. The van der Waals surface area contributed by atoms with Crippen LogP contribution in [0.2, 0.25) is 19.6 Å². The molecule has 0 spiro atoms. The Morgan fingerprint density at radius 2 is 1.86 bits per heavy atom. The largest absolute Gasteiger partial charge is 0.469 e. The zero-order chi connectivity index (χ0) is 21.7. The summed E-state index contributed by atoms with van der Waals surface area (Å²) in [5.41, 5.74) is 0. The number of ketones is 1. The Balaban J connectivity index is 2.50. The Bertz CT molecular complexity index is 548. The molecule has 4 nitrogen and oxygen atoms in total. The number of carbonyl (C=O) groups excluding carboxylic acids is 2. The first kappa shape index (κ1) is 25.8. The van der Waals surface area contributed by atoms with Gasteiger partial charge in [-0.15, -0.1) is 0 Å². The fraction of sp³-hybridized carbons (Fsp3) is 0.750. The zero-order valence-electron chi connectivity index (χ0n) is 19.2. The van der Waals surface area contributed by atoms with E-state index in [2.05, 4.69) is 49.5 Å². The molecule has 0 aromatic rings. The number of hydrogen-bond acceptors (Lipinski definition) is 4. The quantitative estimate of drug-likeness (QED) is 0.136. The molecule has 29 heavy (non-hydrogen) atoms. The molecule has 0 amide bonds. The topological polar surface area (TPSA) is 52.6 Å². The van der Waals surface area contributed by atoms with Gasteiger partial charge in [-0.25, -0.2) is 0 Å². The van der Waals surface area contributed by atoms with E-state index in [0.29, 0.717) is 6.42 Å². The number of unbranched alkanes of at least 4 members (excludes halogenated alkanes) is 5. The van der Waals surface area contributed by atoms with E-state index < -0.39 is 8.32 Å². The number of esters is 1. The van der Waals surface area contributed by atoms with Crippen molar-refractivity contribution in [1.82, 2.24) is 0 Å². The van der Waals surface area contributed by atoms with Gasteiger partial charge < -0.3 is 9.16 Å². The molecule has 0 saturated heterocycles. The second-order valence-electron chi connectivity index (χ2n) is 9.12. The van der Waals surface area contributed by atoms with E-state index >= 15 is 0 Å². The van der Waals surface area contributed by atoms with Gasteiger partial charge in [-0.2, -0.15) is 0 Å². The molecule has 3 atom stereocenters. The van der Waals surface area contributed by atoms with Crippen LogP contribution in [0.1, 0.15) is 71.1 Å². The molecule has 0 heterocycles. The lowest BCUT2D eigenvalue weighted by atomic mass is 9.88. The van der Waals surface area contributed by atoms with E-state index in [1.54, 1.807) is 6.08 Å². The monoisotopic (exact) mass is 422 g/mol. The molecule has 0 N–H and O–H groups in total. The van der Waals surface area contributed by atoms with Gasteiger partial charge in [0.15, 0.2) is 14.1 Å². The predicted octanol–water partition coefficient (Wildman–Crippen LogP) is 6.23. The van der Waals surface area contributed by atoms with Crippen LogP contribution in [-0.4, -0.2) is 33.3 Å². The molecule has 0 radical (unpaired) electrons. The van der Waals surface area contributed by atoms with Crippen LogP contribution in [-0.2, 0) is 18.8 Å². The van der Waals surface area contributed by atoms with Crippen molar-refractivity contribution in [2.24, 2.45) is 11.8 Å². The van der Waals surface area contributed by atoms with Crippen molar-refractivity contribution in [3.05, 3.63) is 24.3 Å². The summed E-state index contributed by atoms with van der Waals surface area (Å²) in [6.45, 7) is 8.92. The van der Waals surface area contributed by atoms with Gasteiger partial charge in [0, 0.05) is 18.3 Å². The number of hydrogen-bond donors (Lipinski definition) is 0. The van der Waals surface area contributed by atoms with Crippen LogP contribution in [0.4, 0.5) is 0 Å². The highest BCUT2D eigenvalue weighted by Crippen LogP contribution is 2.29. The van der Waals surface area contributed by atoms with Crippen molar-refractivity contribution >= 4 is 20.1 Å². The maximum Gasteiger partial charge on any atom is 0.305 e. The summed E-state index contributed by atoms with van der Waals surface area (Å²) in [6.07, 6.45) is 18.4. The molecule has 1 aliphatic rings. The Labute approximate surface area is 179 Å². The minimum atomic E-state index is -1.60. The van der Waals surface area contributed by atoms with Gasteiger partial charge in [0.05, 0.1) is 13.2 Å². The van der Waals surface area contributed by atoms with Gasteiger partial charge in [0.25, 0.3) is 0 Å². The number of carbonyl (C=O) groups is 2. The third kappa shape index (κ3) is 11.5. The lowest BCUT2D eigenvalue weighted by molar-refractivity contribution is -0.140. The Kier molecular flexibility index (Phi) is 12.4. The normalized spacial score (nSPS) is 20.5. The average Bonchev–Trinajstić information content (AvgIpc) is 3.01. The van der Waals surface area contributed by atoms with Crippen LogP contribution in [0.25, 0.3) is 0 Å². The minimum Gasteiger partial charge on any atom is -0.469 e. The molecule has 0 fully saturated rings. The third-order valence-corrected chi connectivity index (χ3v) is 6.34. The van der Waals surface area contributed by atoms with Crippen molar-refractivity contribution in [2.45, 2.75) is 96.9 Å². The lowest BCUT2D eigenvalue weighted by Gasteiger charge is -2.25. The molecule has 0 saturated carbocycles. The van der Waals surface area contributed by atoms with E-state index in [4.69, 9.17) is 4.43 Å². The maximum atomic E-state index is 12.3. The molecule has 166 valence electrons. The maximum absolute atomic E-state index is 12.3. The van der Waals surface area contributed by atoms with Gasteiger partial charge in [-0.1, -0.05) is 63.7 Å². The molecule has 0 aliphatic heterocycles. The zero-order valence-corrected chi connectivity index (χ0v) is 20.2. The Hall–Kier alpha value is -1.20. The summed E-state index contributed by atoms with van der Waals surface area (Å²) in [6, 6.07) is 0. The van der Waals surface area contributed by atoms with Gasteiger partial charge >= 0.3 is 5.97 Å². The summed E-state index contributed by atoms with van der Waals surface area (Å²) in [7, 11) is -0.173. The second-order valence-corrected chi connectivity index (χ2v) is 13.6. The highest BCUT2D eigenvalue weighted by molar-refractivity contribution is 6.69. The average molecular weight is 423 g/mol. The van der Waals surface area contributed by atoms with E-state index in [1.807, 2.05) is 0 Å². The van der Waals surface area contributed by atoms with Crippen LogP contribution < -0.4 is 0 Å². The Morgan fingerprint density at radius 3 is 2.52 bits per heavy atom. The van der Waals surface area contributed by atoms with Crippen molar-refractivity contribution in [3.8, 4) is 0 Å². The van der Waals surface area contributed by atoms with Crippen molar-refractivity contribution in [3.63, 3.8) is 0 Å². The molecular formula is C24H42O4Si. The summed E-state index contributed by atoms with van der Waals surface area (Å²) in [5.74, 6) is 0.369. The first-order valence-electron chi connectivity index (χ1n) is 11.4. The number of rotatable bonds is 15. The van der Waals surface area contributed by atoms with Gasteiger partial charge in [0.2, 0.25) is 0 Å². The standard InChI is InChI=1S/C24H42O4Si/c1-6-7-10-13-21(28-29(3,4)5)18-16-20-17-19-23(25)22(20)14-11-8-9-12-15-24(26)27-2/h16-22H,6-15H2,1-5H3/b18-16+. The highest BCUT2D eigenvalue weighted by Gasteiger charge is 2.28. The summed E-state index contributed by atoms with van der Waals surface area (Å²) in [5, 5.41) is 0. The van der Waals surface area contributed by atoms with E-state index in [0.717, 1.165) is 38.5 Å².